The van der Waals surface area contributed by atoms with Gasteiger partial charge in [-0.2, -0.15) is 13.2 Å². The third-order valence-corrected chi connectivity index (χ3v) is 2.41. The Labute approximate surface area is 106 Å². The number of hydrogen-bond donors (Lipinski definition) is 2. The molecule has 1 aromatic heterocycles. The van der Waals surface area contributed by atoms with Crippen LogP contribution >= 0.6 is 11.6 Å². The van der Waals surface area contributed by atoms with Gasteiger partial charge < -0.3 is 15.8 Å². The lowest BCUT2D eigenvalue weighted by Crippen LogP contribution is -2.32. The Morgan fingerprint density at radius 1 is 1.61 bits per heavy atom. The fourth-order valence-electron chi connectivity index (χ4n) is 1.29. The first-order valence-electron chi connectivity index (χ1n) is 4.66. The molecular formula is C9H10ClF3N4O. The van der Waals surface area contributed by atoms with E-state index in [-0.39, 0.29) is 22.2 Å². The minimum absolute atomic E-state index is 0.0990. The first-order chi connectivity index (χ1) is 8.26. The maximum atomic E-state index is 12.2. The van der Waals surface area contributed by atoms with Crippen LogP contribution in [0.4, 0.5) is 19.0 Å². The van der Waals surface area contributed by atoms with Crippen molar-refractivity contribution in [3.8, 4) is 0 Å². The predicted molar refractivity (Wildman–Crippen MR) is 61.1 cm³/mol. The van der Waals surface area contributed by atoms with E-state index in [0.29, 0.717) is 0 Å². The van der Waals surface area contributed by atoms with Gasteiger partial charge in [-0.3, -0.25) is 0 Å². The topological polar surface area (TPSA) is 74.7 Å². The van der Waals surface area contributed by atoms with E-state index in [9.17, 15) is 13.2 Å². The second-order valence-corrected chi connectivity index (χ2v) is 3.83. The number of nitrogens with zero attached hydrogens (tertiary/aromatic N) is 3. The molecule has 100 valence electrons. The van der Waals surface area contributed by atoms with E-state index in [4.69, 9.17) is 22.5 Å². The van der Waals surface area contributed by atoms with Crippen LogP contribution in [0.1, 0.15) is 5.56 Å². The van der Waals surface area contributed by atoms with Crippen molar-refractivity contribution in [2.75, 3.05) is 18.5 Å². The van der Waals surface area contributed by atoms with Crippen LogP contribution in [0.25, 0.3) is 0 Å². The molecule has 0 aromatic carbocycles. The molecule has 0 bridgehead atoms. The molecule has 0 fully saturated rings. The molecule has 0 saturated heterocycles. The molecule has 0 spiro atoms. The molecule has 18 heavy (non-hydrogen) atoms. The van der Waals surface area contributed by atoms with Gasteiger partial charge in [-0.25, -0.2) is 4.98 Å². The third kappa shape index (κ3) is 3.39. The van der Waals surface area contributed by atoms with Crippen molar-refractivity contribution in [3.63, 3.8) is 0 Å². The molecule has 9 heteroatoms. The minimum atomic E-state index is -4.38. The summed E-state index contributed by atoms with van der Waals surface area (Å²) < 4.78 is 36.7. The zero-order chi connectivity index (χ0) is 13.9. The standard InChI is InChI=1S/C9H10ClF3N4O/c1-17(4-9(11,12)13)8-6(10)5(2-3-15-8)7(14)16-18/h2-3,18H,4H2,1H3,(H2,14,16). The highest BCUT2D eigenvalue weighted by atomic mass is 35.5. The number of pyridine rings is 1. The first kappa shape index (κ1) is 14.4. The van der Waals surface area contributed by atoms with Crippen LogP contribution in [0.5, 0.6) is 0 Å². The maximum Gasteiger partial charge on any atom is 0.405 e. The quantitative estimate of drug-likeness (QED) is 0.384. The summed E-state index contributed by atoms with van der Waals surface area (Å²) in [5.41, 5.74) is 5.45. The van der Waals surface area contributed by atoms with Gasteiger partial charge in [-0.1, -0.05) is 16.8 Å². The number of oxime groups is 1. The third-order valence-electron chi connectivity index (χ3n) is 2.03. The molecule has 0 atom stereocenters. The Morgan fingerprint density at radius 3 is 2.72 bits per heavy atom. The molecule has 0 aliphatic carbocycles. The van der Waals surface area contributed by atoms with Crippen molar-refractivity contribution in [3.05, 3.63) is 22.8 Å². The lowest BCUT2D eigenvalue weighted by molar-refractivity contribution is -0.119. The van der Waals surface area contributed by atoms with Crippen LogP contribution in [0, 0.1) is 0 Å². The number of amidine groups is 1. The Bertz CT molecular complexity index is 464. The molecule has 0 aliphatic heterocycles. The fourth-order valence-corrected chi connectivity index (χ4v) is 1.65. The van der Waals surface area contributed by atoms with E-state index < -0.39 is 12.7 Å². The average molecular weight is 283 g/mol. The highest BCUT2D eigenvalue weighted by Gasteiger charge is 2.30. The highest BCUT2D eigenvalue weighted by molar-refractivity contribution is 6.36. The number of hydrogen-bond acceptors (Lipinski definition) is 4. The summed E-state index contributed by atoms with van der Waals surface area (Å²) in [6, 6.07) is 1.34. The van der Waals surface area contributed by atoms with Gasteiger partial charge in [0.2, 0.25) is 0 Å². The van der Waals surface area contributed by atoms with Gasteiger partial charge in [-0.05, 0) is 6.07 Å². The zero-order valence-electron chi connectivity index (χ0n) is 9.24. The van der Waals surface area contributed by atoms with E-state index in [2.05, 4.69) is 10.1 Å². The van der Waals surface area contributed by atoms with Crippen LogP contribution < -0.4 is 10.6 Å². The molecule has 0 saturated carbocycles. The lowest BCUT2D eigenvalue weighted by Gasteiger charge is -2.21. The van der Waals surface area contributed by atoms with Gasteiger partial charge >= 0.3 is 6.18 Å². The average Bonchev–Trinajstić information content (AvgIpc) is 2.26. The SMILES string of the molecule is CN(CC(F)(F)F)c1nccc(/C(N)=N/O)c1Cl. The Morgan fingerprint density at radius 2 is 2.22 bits per heavy atom. The lowest BCUT2D eigenvalue weighted by atomic mass is 10.2. The maximum absolute atomic E-state index is 12.2. The van der Waals surface area contributed by atoms with Crippen LogP contribution in [0.2, 0.25) is 5.02 Å². The smallest absolute Gasteiger partial charge is 0.405 e. The molecule has 3 N–H and O–H groups in total. The van der Waals surface area contributed by atoms with Gasteiger partial charge in [0.1, 0.15) is 12.4 Å². The van der Waals surface area contributed by atoms with Gasteiger partial charge in [0.15, 0.2) is 5.84 Å². The molecule has 1 rings (SSSR count). The van der Waals surface area contributed by atoms with Crippen LogP contribution in [0.3, 0.4) is 0 Å². The fraction of sp³-hybridized carbons (Fsp3) is 0.333. The molecule has 0 aliphatic rings. The van der Waals surface area contributed by atoms with Gasteiger partial charge in [-0.15, -0.1) is 0 Å². The number of anilines is 1. The summed E-state index contributed by atoms with van der Waals surface area (Å²) in [6.45, 7) is -1.21. The van der Waals surface area contributed by atoms with E-state index in [0.717, 1.165) is 4.90 Å². The summed E-state index contributed by atoms with van der Waals surface area (Å²) in [7, 11) is 1.19. The van der Waals surface area contributed by atoms with E-state index in [1.54, 1.807) is 0 Å². The van der Waals surface area contributed by atoms with Gasteiger partial charge in [0, 0.05) is 18.8 Å². The summed E-state index contributed by atoms with van der Waals surface area (Å²) in [6.07, 6.45) is -3.16. The van der Waals surface area contributed by atoms with Crippen molar-refractivity contribution in [2.24, 2.45) is 10.9 Å². The Hall–Kier alpha value is -1.70. The molecule has 5 nitrogen and oxygen atoms in total. The predicted octanol–water partition coefficient (Wildman–Crippen LogP) is 1.83. The summed E-state index contributed by atoms with van der Waals surface area (Å²) >= 11 is 5.86. The van der Waals surface area contributed by atoms with Gasteiger partial charge in [0.25, 0.3) is 0 Å². The molecule has 0 amide bonds. The highest BCUT2D eigenvalue weighted by Crippen LogP contribution is 2.28. The molecule has 0 unspecified atom stereocenters. The Balaban J connectivity index is 3.11. The van der Waals surface area contributed by atoms with E-state index >= 15 is 0 Å². The normalized spacial score (nSPS) is 12.6. The van der Waals surface area contributed by atoms with Crippen LogP contribution in [0.15, 0.2) is 17.4 Å². The number of alkyl halides is 3. The van der Waals surface area contributed by atoms with Crippen molar-refractivity contribution < 1.29 is 18.4 Å². The minimum Gasteiger partial charge on any atom is -0.409 e. The van der Waals surface area contributed by atoms with Crippen molar-refractivity contribution in [2.45, 2.75) is 6.18 Å². The molecule has 1 heterocycles. The summed E-state index contributed by atoms with van der Waals surface area (Å²) in [5, 5.41) is 11.1. The number of rotatable bonds is 3. The monoisotopic (exact) mass is 282 g/mol. The second kappa shape index (κ2) is 5.30. The van der Waals surface area contributed by atoms with E-state index in [1.165, 1.54) is 19.3 Å². The number of halogens is 4. The van der Waals surface area contributed by atoms with Gasteiger partial charge in [0.05, 0.1) is 5.02 Å². The Kier molecular flexibility index (Phi) is 4.23. The van der Waals surface area contributed by atoms with Crippen LogP contribution in [-0.4, -0.2) is 35.8 Å². The van der Waals surface area contributed by atoms with Crippen LogP contribution in [-0.2, 0) is 0 Å². The molecule has 1 aromatic rings. The summed E-state index contributed by atoms with van der Waals surface area (Å²) in [5.74, 6) is -0.401. The zero-order valence-corrected chi connectivity index (χ0v) is 10.00. The number of aromatic nitrogens is 1. The number of nitrogens with two attached hydrogens (primary N) is 1. The van der Waals surface area contributed by atoms with Crippen molar-refractivity contribution >= 4 is 23.3 Å². The summed E-state index contributed by atoms with van der Waals surface area (Å²) in [4.78, 5) is 4.57. The largest absolute Gasteiger partial charge is 0.409 e. The molecular weight excluding hydrogens is 273 g/mol. The molecule has 0 radical (unpaired) electrons. The van der Waals surface area contributed by atoms with Crippen molar-refractivity contribution in [1.29, 1.82) is 0 Å². The van der Waals surface area contributed by atoms with E-state index in [1.807, 2.05) is 0 Å². The first-order valence-corrected chi connectivity index (χ1v) is 5.04. The van der Waals surface area contributed by atoms with Crippen molar-refractivity contribution in [1.82, 2.24) is 4.98 Å². The second-order valence-electron chi connectivity index (χ2n) is 3.45.